The van der Waals surface area contributed by atoms with E-state index >= 15 is 0 Å². The van der Waals surface area contributed by atoms with Crippen LogP contribution >= 0.6 is 22.6 Å². The molecule has 0 spiro atoms. The Morgan fingerprint density at radius 3 is 2.40 bits per heavy atom. The van der Waals surface area contributed by atoms with E-state index < -0.39 is 0 Å². The number of carbonyl (C=O) groups excluding carboxylic acids is 1. The average Bonchev–Trinajstić information content (AvgIpc) is 2.48. The maximum atomic E-state index is 11.4. The molecule has 0 atom stereocenters. The summed E-state index contributed by atoms with van der Waals surface area (Å²) in [7, 11) is 0. The highest BCUT2D eigenvalue weighted by Crippen LogP contribution is 2.17. The smallest absolute Gasteiger partial charge is 0.238 e. The summed E-state index contributed by atoms with van der Waals surface area (Å²) in [5.41, 5.74) is 4.04. The first-order chi connectivity index (χ1) is 9.69. The van der Waals surface area contributed by atoms with Gasteiger partial charge in [0.25, 0.3) is 0 Å². The van der Waals surface area contributed by atoms with Crippen molar-refractivity contribution in [2.24, 2.45) is 5.84 Å². The summed E-state index contributed by atoms with van der Waals surface area (Å²) in [6, 6.07) is 15.5. The Hall–Kier alpha value is -1.60. The van der Waals surface area contributed by atoms with Crippen LogP contribution < -0.4 is 16.0 Å². The monoisotopic (exact) mass is 382 g/mol. The van der Waals surface area contributed by atoms with Gasteiger partial charge in [0.15, 0.2) is 0 Å². The minimum Gasteiger partial charge on any atom is -0.489 e. The number of rotatable bonds is 5. The predicted molar refractivity (Wildman–Crippen MR) is 86.0 cm³/mol. The molecule has 20 heavy (non-hydrogen) atoms. The minimum absolute atomic E-state index is 0.216. The summed E-state index contributed by atoms with van der Waals surface area (Å²) in [6.07, 6.45) is 0.253. The topological polar surface area (TPSA) is 64.3 Å². The van der Waals surface area contributed by atoms with Crippen LogP contribution in [0.1, 0.15) is 11.1 Å². The van der Waals surface area contributed by atoms with Gasteiger partial charge >= 0.3 is 0 Å². The van der Waals surface area contributed by atoms with Crippen LogP contribution in [0, 0.1) is 3.57 Å². The molecule has 1 amide bonds. The van der Waals surface area contributed by atoms with E-state index in [0.717, 1.165) is 20.4 Å². The molecule has 2 aromatic rings. The molecule has 104 valence electrons. The van der Waals surface area contributed by atoms with E-state index in [1.807, 2.05) is 48.5 Å². The lowest BCUT2D eigenvalue weighted by molar-refractivity contribution is -0.120. The van der Waals surface area contributed by atoms with Crippen LogP contribution in [0.2, 0.25) is 0 Å². The summed E-state index contributed by atoms with van der Waals surface area (Å²) in [5, 5.41) is 0. The molecule has 2 aromatic carbocycles. The number of carbonyl (C=O) groups is 1. The third kappa shape index (κ3) is 4.21. The second-order valence-corrected chi connectivity index (χ2v) is 5.50. The molecule has 0 bridgehead atoms. The summed E-state index contributed by atoms with van der Waals surface area (Å²) >= 11 is 2.25. The van der Waals surface area contributed by atoms with Crippen molar-refractivity contribution in [1.29, 1.82) is 0 Å². The van der Waals surface area contributed by atoms with Gasteiger partial charge in [-0.3, -0.25) is 10.2 Å². The first-order valence-electron chi connectivity index (χ1n) is 6.13. The van der Waals surface area contributed by atoms with Crippen molar-refractivity contribution < 1.29 is 9.53 Å². The van der Waals surface area contributed by atoms with Gasteiger partial charge in [0.2, 0.25) is 5.91 Å². The molecule has 4 nitrogen and oxygen atoms in total. The summed E-state index contributed by atoms with van der Waals surface area (Å²) in [5.74, 6) is 5.71. The van der Waals surface area contributed by atoms with Crippen LogP contribution in [0.15, 0.2) is 48.5 Å². The van der Waals surface area contributed by atoms with Gasteiger partial charge in [-0.1, -0.05) is 24.3 Å². The number of hydrogen-bond donors (Lipinski definition) is 2. The Kier molecular flexibility index (Phi) is 5.37. The van der Waals surface area contributed by atoms with Gasteiger partial charge in [0, 0.05) is 3.57 Å². The molecule has 0 aliphatic rings. The number of halogens is 1. The lowest BCUT2D eigenvalue weighted by atomic mass is 10.1. The van der Waals surface area contributed by atoms with E-state index in [4.69, 9.17) is 10.6 Å². The van der Waals surface area contributed by atoms with Crippen LogP contribution in [0.3, 0.4) is 0 Å². The summed E-state index contributed by atoms with van der Waals surface area (Å²) < 4.78 is 6.90. The van der Waals surface area contributed by atoms with E-state index in [2.05, 4.69) is 28.0 Å². The molecule has 0 aliphatic heterocycles. The Labute approximate surface area is 131 Å². The van der Waals surface area contributed by atoms with E-state index in [1.54, 1.807) is 0 Å². The fourth-order valence-electron chi connectivity index (χ4n) is 1.79. The van der Waals surface area contributed by atoms with Crippen LogP contribution in [-0.4, -0.2) is 5.91 Å². The predicted octanol–water partition coefficient (Wildman–Crippen LogP) is 2.40. The first-order valence-corrected chi connectivity index (χ1v) is 7.21. The lowest BCUT2D eigenvalue weighted by Gasteiger charge is -2.10. The van der Waals surface area contributed by atoms with Crippen molar-refractivity contribution in [2.45, 2.75) is 13.0 Å². The quantitative estimate of drug-likeness (QED) is 0.361. The highest BCUT2D eigenvalue weighted by molar-refractivity contribution is 14.1. The molecule has 0 aromatic heterocycles. The highest BCUT2D eigenvalue weighted by atomic mass is 127. The largest absolute Gasteiger partial charge is 0.489 e. The molecule has 0 radical (unpaired) electrons. The van der Waals surface area contributed by atoms with Gasteiger partial charge in [0.1, 0.15) is 12.4 Å². The molecule has 0 fully saturated rings. The van der Waals surface area contributed by atoms with Crippen molar-refractivity contribution in [2.75, 3.05) is 0 Å². The maximum absolute atomic E-state index is 11.4. The Bertz CT molecular complexity index is 585. The first kappa shape index (κ1) is 14.8. The molecule has 2 rings (SSSR count). The summed E-state index contributed by atoms with van der Waals surface area (Å²) in [6.45, 7) is 0.425. The molecule has 0 saturated carbocycles. The zero-order valence-electron chi connectivity index (χ0n) is 10.8. The van der Waals surface area contributed by atoms with E-state index in [-0.39, 0.29) is 12.3 Å². The number of ether oxygens (including phenoxy) is 1. The van der Waals surface area contributed by atoms with Gasteiger partial charge < -0.3 is 4.74 Å². The highest BCUT2D eigenvalue weighted by Gasteiger charge is 2.07. The summed E-state index contributed by atoms with van der Waals surface area (Å²) in [4.78, 5) is 11.4. The Balaban J connectivity index is 2.05. The normalized spacial score (nSPS) is 10.1. The molecular weight excluding hydrogens is 367 g/mol. The van der Waals surface area contributed by atoms with Crippen molar-refractivity contribution in [3.8, 4) is 5.75 Å². The second kappa shape index (κ2) is 7.25. The third-order valence-corrected chi connectivity index (χ3v) is 3.56. The molecule has 0 unspecified atom stereocenters. The number of hydrogen-bond acceptors (Lipinski definition) is 3. The zero-order valence-corrected chi connectivity index (χ0v) is 13.0. The standard InChI is InChI=1S/C15H15IN2O2/c16-13-5-7-14(8-6-13)20-10-12-4-2-1-3-11(12)9-15(19)18-17/h1-8H,9-10,17H2,(H,18,19). The van der Waals surface area contributed by atoms with Crippen LogP contribution in [0.5, 0.6) is 5.75 Å². The third-order valence-electron chi connectivity index (χ3n) is 2.84. The SMILES string of the molecule is NNC(=O)Cc1ccccc1COc1ccc(I)cc1. The van der Waals surface area contributed by atoms with E-state index in [0.29, 0.717) is 6.61 Å². The van der Waals surface area contributed by atoms with Gasteiger partial charge in [-0.05, 0) is 58.0 Å². The maximum Gasteiger partial charge on any atom is 0.238 e. The second-order valence-electron chi connectivity index (χ2n) is 4.26. The number of nitrogens with two attached hydrogens (primary N) is 1. The molecule has 5 heteroatoms. The minimum atomic E-state index is -0.216. The van der Waals surface area contributed by atoms with Gasteiger partial charge in [-0.25, -0.2) is 5.84 Å². The Morgan fingerprint density at radius 1 is 1.10 bits per heavy atom. The van der Waals surface area contributed by atoms with Crippen LogP contribution in [0.4, 0.5) is 0 Å². The van der Waals surface area contributed by atoms with E-state index in [9.17, 15) is 4.79 Å². The van der Waals surface area contributed by atoms with Crippen LogP contribution in [0.25, 0.3) is 0 Å². The number of nitrogens with one attached hydrogen (secondary N) is 1. The lowest BCUT2D eigenvalue weighted by Crippen LogP contribution is -2.31. The van der Waals surface area contributed by atoms with E-state index in [1.165, 1.54) is 0 Å². The zero-order chi connectivity index (χ0) is 14.4. The molecular formula is C15H15IN2O2. The fraction of sp³-hybridized carbons (Fsp3) is 0.133. The fourth-order valence-corrected chi connectivity index (χ4v) is 2.15. The molecule has 0 heterocycles. The number of benzene rings is 2. The molecule has 3 N–H and O–H groups in total. The molecule has 0 aliphatic carbocycles. The average molecular weight is 382 g/mol. The van der Waals surface area contributed by atoms with Crippen LogP contribution in [-0.2, 0) is 17.8 Å². The van der Waals surface area contributed by atoms with Crippen molar-refractivity contribution in [3.05, 3.63) is 63.2 Å². The Morgan fingerprint density at radius 2 is 1.75 bits per heavy atom. The van der Waals surface area contributed by atoms with Gasteiger partial charge in [-0.2, -0.15) is 0 Å². The number of hydrazine groups is 1. The van der Waals surface area contributed by atoms with Crippen molar-refractivity contribution in [3.63, 3.8) is 0 Å². The number of amides is 1. The van der Waals surface area contributed by atoms with Gasteiger partial charge in [-0.15, -0.1) is 0 Å². The van der Waals surface area contributed by atoms with Crippen molar-refractivity contribution in [1.82, 2.24) is 5.43 Å². The van der Waals surface area contributed by atoms with Crippen molar-refractivity contribution >= 4 is 28.5 Å². The van der Waals surface area contributed by atoms with Gasteiger partial charge in [0.05, 0.1) is 6.42 Å². The molecule has 0 saturated heterocycles.